The SMILES string of the molecule is c1ccc(N2CCC3(CC2)NCCCS3)cc1. The van der Waals surface area contributed by atoms with Gasteiger partial charge in [-0.1, -0.05) is 18.2 Å². The second-order valence-electron chi connectivity index (χ2n) is 4.95. The van der Waals surface area contributed by atoms with Crippen molar-refractivity contribution in [1.82, 2.24) is 5.32 Å². The Kier molecular flexibility index (Phi) is 3.30. The second-order valence-corrected chi connectivity index (χ2v) is 6.42. The Balaban J connectivity index is 1.64. The highest BCUT2D eigenvalue weighted by atomic mass is 32.2. The summed E-state index contributed by atoms with van der Waals surface area (Å²) in [6.07, 6.45) is 3.87. The minimum absolute atomic E-state index is 0.392. The van der Waals surface area contributed by atoms with E-state index >= 15 is 0 Å². The Morgan fingerprint density at radius 2 is 1.88 bits per heavy atom. The molecule has 0 aliphatic carbocycles. The molecule has 2 aliphatic rings. The molecule has 0 saturated carbocycles. The highest BCUT2D eigenvalue weighted by Crippen LogP contribution is 2.37. The highest BCUT2D eigenvalue weighted by Gasteiger charge is 2.35. The zero-order valence-electron chi connectivity index (χ0n) is 10.2. The molecule has 92 valence electrons. The predicted octanol–water partition coefficient (Wildman–Crippen LogP) is 2.71. The summed E-state index contributed by atoms with van der Waals surface area (Å²) >= 11 is 2.15. The molecule has 0 unspecified atom stereocenters. The highest BCUT2D eigenvalue weighted by molar-refractivity contribution is 8.00. The molecule has 1 spiro atoms. The van der Waals surface area contributed by atoms with Crippen molar-refractivity contribution in [1.29, 1.82) is 0 Å². The molecule has 2 aliphatic heterocycles. The maximum atomic E-state index is 3.74. The molecule has 3 heteroatoms. The summed E-state index contributed by atoms with van der Waals surface area (Å²) in [6, 6.07) is 10.8. The third kappa shape index (κ3) is 2.45. The molecule has 17 heavy (non-hydrogen) atoms. The Bertz CT molecular complexity index is 350. The standard InChI is InChI=1S/C14H20N2S/c1-2-5-13(6-3-1)16-10-7-14(8-11-16)15-9-4-12-17-14/h1-3,5-6,15H,4,7-12H2. The van der Waals surface area contributed by atoms with Crippen molar-refractivity contribution in [3.63, 3.8) is 0 Å². The number of rotatable bonds is 1. The van der Waals surface area contributed by atoms with Crippen molar-refractivity contribution >= 4 is 17.4 Å². The number of hydrogen-bond acceptors (Lipinski definition) is 3. The zero-order valence-corrected chi connectivity index (χ0v) is 11.0. The van der Waals surface area contributed by atoms with Gasteiger partial charge in [0.1, 0.15) is 0 Å². The Morgan fingerprint density at radius 1 is 1.12 bits per heavy atom. The van der Waals surface area contributed by atoms with Crippen LogP contribution in [0.5, 0.6) is 0 Å². The lowest BCUT2D eigenvalue weighted by molar-refractivity contribution is 0.368. The number of nitrogens with one attached hydrogen (secondary N) is 1. The van der Waals surface area contributed by atoms with Crippen LogP contribution in [0.2, 0.25) is 0 Å². The van der Waals surface area contributed by atoms with E-state index in [-0.39, 0.29) is 0 Å². The first-order valence-corrected chi connectivity index (χ1v) is 7.56. The van der Waals surface area contributed by atoms with Gasteiger partial charge in [-0.25, -0.2) is 0 Å². The molecule has 0 bridgehead atoms. The van der Waals surface area contributed by atoms with Crippen LogP contribution in [-0.4, -0.2) is 30.3 Å². The van der Waals surface area contributed by atoms with Crippen LogP contribution in [-0.2, 0) is 0 Å². The van der Waals surface area contributed by atoms with Gasteiger partial charge >= 0.3 is 0 Å². The lowest BCUT2D eigenvalue weighted by Crippen LogP contribution is -2.53. The van der Waals surface area contributed by atoms with Crippen LogP contribution >= 0.6 is 11.8 Å². The minimum atomic E-state index is 0.392. The van der Waals surface area contributed by atoms with E-state index in [1.54, 1.807) is 0 Å². The summed E-state index contributed by atoms with van der Waals surface area (Å²) in [5.41, 5.74) is 1.38. The maximum Gasteiger partial charge on any atom is 0.0679 e. The minimum Gasteiger partial charge on any atom is -0.371 e. The fourth-order valence-electron chi connectivity index (χ4n) is 2.79. The number of para-hydroxylation sites is 1. The van der Waals surface area contributed by atoms with Gasteiger partial charge in [0.05, 0.1) is 4.87 Å². The molecule has 2 fully saturated rings. The average Bonchev–Trinajstić information content (AvgIpc) is 2.42. The smallest absolute Gasteiger partial charge is 0.0679 e. The van der Waals surface area contributed by atoms with Crippen molar-refractivity contribution in [2.75, 3.05) is 30.3 Å². The van der Waals surface area contributed by atoms with Gasteiger partial charge in [0, 0.05) is 18.8 Å². The first-order valence-electron chi connectivity index (χ1n) is 6.57. The Labute approximate surface area is 108 Å². The van der Waals surface area contributed by atoms with E-state index in [1.165, 1.54) is 50.3 Å². The van der Waals surface area contributed by atoms with E-state index in [2.05, 4.69) is 52.3 Å². The normalized spacial score (nSPS) is 23.9. The van der Waals surface area contributed by atoms with Gasteiger partial charge in [-0.3, -0.25) is 0 Å². The average molecular weight is 248 g/mol. The van der Waals surface area contributed by atoms with Crippen LogP contribution in [0.1, 0.15) is 19.3 Å². The first kappa shape index (κ1) is 11.4. The summed E-state index contributed by atoms with van der Waals surface area (Å²) in [6.45, 7) is 3.58. The number of benzene rings is 1. The van der Waals surface area contributed by atoms with Crippen molar-refractivity contribution in [3.05, 3.63) is 30.3 Å². The number of thioether (sulfide) groups is 1. The van der Waals surface area contributed by atoms with Crippen molar-refractivity contribution < 1.29 is 0 Å². The van der Waals surface area contributed by atoms with Crippen molar-refractivity contribution in [2.45, 2.75) is 24.1 Å². The monoisotopic (exact) mass is 248 g/mol. The van der Waals surface area contributed by atoms with Crippen LogP contribution in [0.25, 0.3) is 0 Å². The van der Waals surface area contributed by atoms with Gasteiger partial charge in [0.25, 0.3) is 0 Å². The Hall–Kier alpha value is -0.670. The molecule has 3 rings (SSSR count). The number of piperidine rings is 1. The van der Waals surface area contributed by atoms with Gasteiger partial charge < -0.3 is 10.2 Å². The van der Waals surface area contributed by atoms with Gasteiger partial charge in [0.15, 0.2) is 0 Å². The van der Waals surface area contributed by atoms with Gasteiger partial charge in [-0.05, 0) is 43.7 Å². The van der Waals surface area contributed by atoms with Crippen molar-refractivity contribution in [3.8, 4) is 0 Å². The lowest BCUT2D eigenvalue weighted by atomic mass is 10.0. The number of nitrogens with zero attached hydrogens (tertiary/aromatic N) is 1. The summed E-state index contributed by atoms with van der Waals surface area (Å²) in [7, 11) is 0. The molecule has 1 aromatic rings. The summed E-state index contributed by atoms with van der Waals surface area (Å²) in [5, 5.41) is 3.74. The van der Waals surface area contributed by atoms with E-state index in [9.17, 15) is 0 Å². The van der Waals surface area contributed by atoms with E-state index in [1.807, 2.05) is 0 Å². The van der Waals surface area contributed by atoms with Gasteiger partial charge in [0.2, 0.25) is 0 Å². The van der Waals surface area contributed by atoms with Crippen LogP contribution in [0.3, 0.4) is 0 Å². The molecular weight excluding hydrogens is 228 g/mol. The lowest BCUT2D eigenvalue weighted by Gasteiger charge is -2.45. The fourth-order valence-corrected chi connectivity index (χ4v) is 4.15. The van der Waals surface area contributed by atoms with Crippen LogP contribution in [0.15, 0.2) is 30.3 Å². The van der Waals surface area contributed by atoms with E-state index in [0.717, 1.165) is 0 Å². The van der Waals surface area contributed by atoms with E-state index in [0.29, 0.717) is 4.87 Å². The molecule has 1 aromatic carbocycles. The fraction of sp³-hybridized carbons (Fsp3) is 0.571. The summed E-state index contributed by atoms with van der Waals surface area (Å²) in [5.74, 6) is 1.33. The maximum absolute atomic E-state index is 3.74. The van der Waals surface area contributed by atoms with Crippen molar-refractivity contribution in [2.24, 2.45) is 0 Å². The van der Waals surface area contributed by atoms with Gasteiger partial charge in [-0.15, -0.1) is 11.8 Å². The molecule has 0 radical (unpaired) electrons. The predicted molar refractivity (Wildman–Crippen MR) is 75.7 cm³/mol. The summed E-state index contributed by atoms with van der Waals surface area (Å²) < 4.78 is 0. The Morgan fingerprint density at radius 3 is 2.53 bits per heavy atom. The second kappa shape index (κ2) is 4.91. The zero-order chi connectivity index (χ0) is 11.6. The first-order chi connectivity index (χ1) is 8.38. The topological polar surface area (TPSA) is 15.3 Å². The molecule has 2 nitrogen and oxygen atoms in total. The van der Waals surface area contributed by atoms with Crippen LogP contribution in [0, 0.1) is 0 Å². The molecule has 1 N–H and O–H groups in total. The molecule has 2 heterocycles. The van der Waals surface area contributed by atoms with Crippen LogP contribution < -0.4 is 10.2 Å². The number of anilines is 1. The molecule has 0 atom stereocenters. The third-order valence-corrected chi connectivity index (χ3v) is 5.44. The molecule has 2 saturated heterocycles. The molecule has 0 aromatic heterocycles. The van der Waals surface area contributed by atoms with Crippen LogP contribution in [0.4, 0.5) is 5.69 Å². The third-order valence-electron chi connectivity index (χ3n) is 3.84. The van der Waals surface area contributed by atoms with E-state index in [4.69, 9.17) is 0 Å². The largest absolute Gasteiger partial charge is 0.371 e. The molecular formula is C14H20N2S. The van der Waals surface area contributed by atoms with E-state index < -0.39 is 0 Å². The quantitative estimate of drug-likeness (QED) is 0.822. The summed E-state index contributed by atoms with van der Waals surface area (Å²) in [4.78, 5) is 2.91. The molecule has 0 amide bonds. The number of hydrogen-bond donors (Lipinski definition) is 1. The van der Waals surface area contributed by atoms with Gasteiger partial charge in [-0.2, -0.15) is 0 Å².